The Balaban J connectivity index is 2.54. The summed E-state index contributed by atoms with van der Waals surface area (Å²) >= 11 is 0. The van der Waals surface area contributed by atoms with Crippen molar-refractivity contribution in [3.63, 3.8) is 0 Å². The summed E-state index contributed by atoms with van der Waals surface area (Å²) in [5.74, 6) is 0. The van der Waals surface area contributed by atoms with Crippen molar-refractivity contribution in [2.24, 2.45) is 0 Å². The van der Waals surface area contributed by atoms with Gasteiger partial charge in [0.05, 0.1) is 6.61 Å². The molecule has 1 heterocycles. The largest absolute Gasteiger partial charge is 0.383 e. The van der Waals surface area contributed by atoms with Crippen molar-refractivity contribution in [2.75, 3.05) is 34.4 Å². The van der Waals surface area contributed by atoms with Crippen LogP contribution < -0.4 is 0 Å². The normalized spacial score (nSPS) is 30.0. The minimum Gasteiger partial charge on any atom is -0.383 e. The SMILES string of the molecule is COCC1CCC(C)N1C(C)CN(C)C. The fourth-order valence-corrected chi connectivity index (χ4v) is 2.87. The molecule has 0 aromatic heterocycles. The van der Waals surface area contributed by atoms with E-state index in [1.165, 1.54) is 12.8 Å². The zero-order chi connectivity index (χ0) is 11.4. The molecule has 1 aliphatic rings. The number of likely N-dealkylation sites (N-methyl/N-ethyl adjacent to an activating group) is 1. The number of nitrogens with zero attached hydrogens (tertiary/aromatic N) is 2. The molecule has 0 aromatic rings. The summed E-state index contributed by atoms with van der Waals surface area (Å²) in [5, 5.41) is 0. The van der Waals surface area contributed by atoms with Gasteiger partial charge in [0.25, 0.3) is 0 Å². The quantitative estimate of drug-likeness (QED) is 0.688. The molecule has 0 amide bonds. The molecule has 3 unspecified atom stereocenters. The van der Waals surface area contributed by atoms with Crippen LogP contribution in [0.3, 0.4) is 0 Å². The first-order valence-electron chi connectivity index (χ1n) is 5.97. The van der Waals surface area contributed by atoms with E-state index in [0.717, 1.165) is 13.2 Å². The summed E-state index contributed by atoms with van der Waals surface area (Å²) in [5.41, 5.74) is 0. The molecule has 1 saturated heterocycles. The third-order valence-corrected chi connectivity index (χ3v) is 3.35. The van der Waals surface area contributed by atoms with Crippen LogP contribution >= 0.6 is 0 Å². The van der Waals surface area contributed by atoms with Gasteiger partial charge in [-0.15, -0.1) is 0 Å². The van der Waals surface area contributed by atoms with Crippen LogP contribution in [0.2, 0.25) is 0 Å². The van der Waals surface area contributed by atoms with Crippen molar-refractivity contribution < 1.29 is 4.74 Å². The van der Waals surface area contributed by atoms with E-state index in [1.54, 1.807) is 7.11 Å². The number of ether oxygens (including phenoxy) is 1. The molecule has 0 N–H and O–H groups in total. The Bertz CT molecular complexity index is 182. The van der Waals surface area contributed by atoms with Gasteiger partial charge in [0.15, 0.2) is 0 Å². The predicted octanol–water partition coefficient (Wildman–Crippen LogP) is 1.44. The molecule has 0 aliphatic carbocycles. The number of likely N-dealkylation sites (tertiary alicyclic amines) is 1. The number of hydrogen-bond acceptors (Lipinski definition) is 3. The molecule has 1 rings (SSSR count). The Morgan fingerprint density at radius 3 is 2.60 bits per heavy atom. The summed E-state index contributed by atoms with van der Waals surface area (Å²) in [6.07, 6.45) is 2.60. The molecular weight excluding hydrogens is 188 g/mol. The number of methoxy groups -OCH3 is 1. The van der Waals surface area contributed by atoms with Crippen LogP contribution in [0.4, 0.5) is 0 Å². The highest BCUT2D eigenvalue weighted by Gasteiger charge is 2.33. The minimum atomic E-state index is 0.623. The van der Waals surface area contributed by atoms with Gasteiger partial charge in [-0.2, -0.15) is 0 Å². The first-order valence-corrected chi connectivity index (χ1v) is 5.97. The molecule has 0 saturated carbocycles. The standard InChI is InChI=1S/C12H26N2O/c1-10-6-7-12(9-15-5)14(10)11(2)8-13(3)4/h10-12H,6-9H2,1-5H3. The molecule has 0 spiro atoms. The first kappa shape index (κ1) is 12.9. The van der Waals surface area contributed by atoms with Crippen LogP contribution in [0.25, 0.3) is 0 Å². The molecule has 90 valence electrons. The summed E-state index contributed by atoms with van der Waals surface area (Å²) in [4.78, 5) is 4.89. The van der Waals surface area contributed by atoms with Crippen LogP contribution in [0.15, 0.2) is 0 Å². The smallest absolute Gasteiger partial charge is 0.0618 e. The Hall–Kier alpha value is -0.120. The van der Waals surface area contributed by atoms with E-state index in [2.05, 4.69) is 37.7 Å². The van der Waals surface area contributed by atoms with E-state index >= 15 is 0 Å². The van der Waals surface area contributed by atoms with E-state index in [-0.39, 0.29) is 0 Å². The van der Waals surface area contributed by atoms with E-state index in [4.69, 9.17) is 4.74 Å². The van der Waals surface area contributed by atoms with Gasteiger partial charge < -0.3 is 9.64 Å². The lowest BCUT2D eigenvalue weighted by Gasteiger charge is -2.35. The first-order chi connectivity index (χ1) is 7.06. The zero-order valence-electron chi connectivity index (χ0n) is 10.9. The fourth-order valence-electron chi connectivity index (χ4n) is 2.87. The van der Waals surface area contributed by atoms with E-state index in [0.29, 0.717) is 18.1 Å². The molecule has 0 aromatic carbocycles. The second-order valence-corrected chi connectivity index (χ2v) is 5.09. The summed E-state index contributed by atoms with van der Waals surface area (Å²) in [6.45, 7) is 6.67. The molecule has 1 aliphatic heterocycles. The Kier molecular flexibility index (Phi) is 5.03. The van der Waals surface area contributed by atoms with E-state index in [9.17, 15) is 0 Å². The molecule has 3 nitrogen and oxygen atoms in total. The van der Waals surface area contributed by atoms with Crippen molar-refractivity contribution in [2.45, 2.75) is 44.8 Å². The maximum Gasteiger partial charge on any atom is 0.0618 e. The van der Waals surface area contributed by atoms with Crippen LogP contribution in [0.5, 0.6) is 0 Å². The third kappa shape index (κ3) is 3.44. The topological polar surface area (TPSA) is 15.7 Å². The predicted molar refractivity (Wildman–Crippen MR) is 64.2 cm³/mol. The second-order valence-electron chi connectivity index (χ2n) is 5.09. The third-order valence-electron chi connectivity index (χ3n) is 3.35. The molecule has 1 fully saturated rings. The molecule has 15 heavy (non-hydrogen) atoms. The summed E-state index contributed by atoms with van der Waals surface area (Å²) in [7, 11) is 6.09. The van der Waals surface area contributed by atoms with E-state index < -0.39 is 0 Å². The fraction of sp³-hybridized carbons (Fsp3) is 1.00. The van der Waals surface area contributed by atoms with Crippen LogP contribution in [0, 0.1) is 0 Å². The van der Waals surface area contributed by atoms with Gasteiger partial charge in [0, 0.05) is 31.8 Å². The highest BCUT2D eigenvalue weighted by atomic mass is 16.5. The maximum atomic E-state index is 5.30. The monoisotopic (exact) mass is 214 g/mol. The highest BCUT2D eigenvalue weighted by molar-refractivity contribution is 4.89. The zero-order valence-corrected chi connectivity index (χ0v) is 10.9. The molecule has 0 radical (unpaired) electrons. The number of rotatable bonds is 5. The van der Waals surface area contributed by atoms with Gasteiger partial charge in [0.2, 0.25) is 0 Å². The van der Waals surface area contributed by atoms with Gasteiger partial charge in [-0.25, -0.2) is 0 Å². The Labute approximate surface area is 94.4 Å². The van der Waals surface area contributed by atoms with Gasteiger partial charge >= 0.3 is 0 Å². The number of hydrogen-bond donors (Lipinski definition) is 0. The lowest BCUT2D eigenvalue weighted by Crippen LogP contribution is -2.47. The second kappa shape index (κ2) is 5.83. The van der Waals surface area contributed by atoms with Crippen molar-refractivity contribution in [1.29, 1.82) is 0 Å². The average molecular weight is 214 g/mol. The molecule has 0 bridgehead atoms. The summed E-state index contributed by atoms with van der Waals surface area (Å²) in [6, 6.07) is 1.96. The van der Waals surface area contributed by atoms with Crippen molar-refractivity contribution >= 4 is 0 Å². The van der Waals surface area contributed by atoms with Gasteiger partial charge in [-0.3, -0.25) is 4.90 Å². The summed E-state index contributed by atoms with van der Waals surface area (Å²) < 4.78 is 5.30. The van der Waals surface area contributed by atoms with Crippen molar-refractivity contribution in [1.82, 2.24) is 9.80 Å². The van der Waals surface area contributed by atoms with E-state index in [1.807, 2.05) is 0 Å². The van der Waals surface area contributed by atoms with Crippen LogP contribution in [-0.4, -0.2) is 62.3 Å². The molecule has 3 heteroatoms. The van der Waals surface area contributed by atoms with Gasteiger partial charge in [-0.05, 0) is 40.8 Å². The van der Waals surface area contributed by atoms with Crippen molar-refractivity contribution in [3.8, 4) is 0 Å². The average Bonchev–Trinajstić information content (AvgIpc) is 2.46. The maximum absolute atomic E-state index is 5.30. The van der Waals surface area contributed by atoms with Crippen molar-refractivity contribution in [3.05, 3.63) is 0 Å². The van der Waals surface area contributed by atoms with Gasteiger partial charge in [-0.1, -0.05) is 0 Å². The Morgan fingerprint density at radius 1 is 1.40 bits per heavy atom. The molecule has 3 atom stereocenters. The molecular formula is C12H26N2O. The van der Waals surface area contributed by atoms with Crippen LogP contribution in [0.1, 0.15) is 26.7 Å². The van der Waals surface area contributed by atoms with Crippen LogP contribution in [-0.2, 0) is 4.74 Å². The lowest BCUT2D eigenvalue weighted by molar-refractivity contribution is 0.0648. The lowest BCUT2D eigenvalue weighted by atomic mass is 10.2. The highest BCUT2D eigenvalue weighted by Crippen LogP contribution is 2.26. The Morgan fingerprint density at radius 2 is 2.07 bits per heavy atom. The van der Waals surface area contributed by atoms with Gasteiger partial charge in [0.1, 0.15) is 0 Å². The minimum absolute atomic E-state index is 0.623.